The number of hydroxylamine groups is 1. The highest BCUT2D eigenvalue weighted by Crippen LogP contribution is 2.26. The Morgan fingerprint density at radius 2 is 1.86 bits per heavy atom. The van der Waals surface area contributed by atoms with E-state index in [2.05, 4.69) is 34.1 Å². The first-order valence-corrected chi connectivity index (χ1v) is 9.26. The maximum Gasteiger partial charge on any atom is 0.276 e. The number of nitroso groups, excluding NO2 is 1. The molecular formula is C21H25N4O3+. The lowest BCUT2D eigenvalue weighted by molar-refractivity contribution is -0.428. The Balaban J connectivity index is 1.63. The van der Waals surface area contributed by atoms with Crippen LogP contribution < -0.4 is 10.4 Å². The van der Waals surface area contributed by atoms with E-state index in [9.17, 15) is 9.70 Å². The molecule has 2 aromatic rings. The molecule has 1 saturated heterocycles. The zero-order valence-electron chi connectivity index (χ0n) is 15.9. The molecule has 1 aliphatic rings. The van der Waals surface area contributed by atoms with Crippen LogP contribution in [-0.2, 0) is 0 Å². The summed E-state index contributed by atoms with van der Waals surface area (Å²) in [6.45, 7) is 4.12. The van der Waals surface area contributed by atoms with E-state index in [1.165, 1.54) is 18.7 Å². The number of amides is 1. The molecule has 0 bridgehead atoms. The van der Waals surface area contributed by atoms with Gasteiger partial charge in [-0.1, -0.05) is 42.5 Å². The zero-order valence-corrected chi connectivity index (χ0v) is 15.9. The van der Waals surface area contributed by atoms with Crippen LogP contribution in [0.15, 0.2) is 54.6 Å². The fourth-order valence-electron chi connectivity index (χ4n) is 3.31. The lowest BCUT2D eigenvalue weighted by Gasteiger charge is -2.36. The molecule has 0 aromatic heterocycles. The van der Waals surface area contributed by atoms with Crippen LogP contribution in [0.25, 0.3) is 6.08 Å². The Morgan fingerprint density at radius 3 is 2.50 bits per heavy atom. The predicted octanol–water partition coefficient (Wildman–Crippen LogP) is 2.68. The zero-order chi connectivity index (χ0) is 19.9. The van der Waals surface area contributed by atoms with E-state index < -0.39 is 5.91 Å². The van der Waals surface area contributed by atoms with Crippen molar-refractivity contribution >= 4 is 23.4 Å². The Labute approximate surface area is 164 Å². The summed E-state index contributed by atoms with van der Waals surface area (Å²) in [7, 11) is 1.37. The SMILES string of the molecule is C[N+](=O)c1ccc(N2CCN(C/C=C/c3ccccc3)CC2)c(C(=O)NO)c1. The third kappa shape index (κ3) is 4.82. The van der Waals surface area contributed by atoms with Gasteiger partial charge in [-0.05, 0) is 11.6 Å². The fourth-order valence-corrected chi connectivity index (χ4v) is 3.31. The van der Waals surface area contributed by atoms with Gasteiger partial charge in [-0.15, -0.1) is 0 Å². The van der Waals surface area contributed by atoms with Gasteiger partial charge in [0.25, 0.3) is 11.6 Å². The van der Waals surface area contributed by atoms with Gasteiger partial charge in [-0.3, -0.25) is 14.9 Å². The van der Waals surface area contributed by atoms with Crippen molar-refractivity contribution in [1.82, 2.24) is 10.4 Å². The van der Waals surface area contributed by atoms with E-state index in [0.29, 0.717) is 16.0 Å². The number of nitrogens with zero attached hydrogens (tertiary/aromatic N) is 3. The van der Waals surface area contributed by atoms with Gasteiger partial charge >= 0.3 is 0 Å². The molecule has 0 spiro atoms. The Kier molecular flexibility index (Phi) is 6.52. The fraction of sp³-hybridized carbons (Fsp3) is 0.286. The number of carbonyl (C=O) groups is 1. The quantitative estimate of drug-likeness (QED) is 0.457. The smallest absolute Gasteiger partial charge is 0.276 e. The van der Waals surface area contributed by atoms with Gasteiger partial charge < -0.3 is 4.90 Å². The summed E-state index contributed by atoms with van der Waals surface area (Å²) in [6.07, 6.45) is 4.28. The molecule has 2 N–H and O–H groups in total. The van der Waals surface area contributed by atoms with E-state index >= 15 is 0 Å². The Morgan fingerprint density at radius 1 is 1.14 bits per heavy atom. The Bertz CT molecular complexity index is 859. The van der Waals surface area contributed by atoms with E-state index in [1.807, 2.05) is 18.2 Å². The molecule has 0 aliphatic carbocycles. The van der Waals surface area contributed by atoms with Gasteiger partial charge in [0.1, 0.15) is 0 Å². The number of hydrogen-bond acceptors (Lipinski definition) is 5. The van der Waals surface area contributed by atoms with Crippen LogP contribution in [0.5, 0.6) is 0 Å². The van der Waals surface area contributed by atoms with Crippen molar-refractivity contribution in [3.05, 3.63) is 70.6 Å². The number of benzene rings is 2. The molecule has 146 valence electrons. The van der Waals surface area contributed by atoms with Crippen LogP contribution in [0.2, 0.25) is 0 Å². The molecule has 7 nitrogen and oxygen atoms in total. The minimum Gasteiger partial charge on any atom is -0.368 e. The van der Waals surface area contributed by atoms with Crippen molar-refractivity contribution < 1.29 is 14.8 Å². The molecule has 3 rings (SSSR count). The number of hydrogen-bond donors (Lipinski definition) is 2. The van der Waals surface area contributed by atoms with Crippen molar-refractivity contribution in [2.75, 3.05) is 44.7 Å². The highest BCUT2D eigenvalue weighted by molar-refractivity contribution is 5.99. The average molecular weight is 381 g/mol. The molecule has 0 radical (unpaired) electrons. The van der Waals surface area contributed by atoms with Gasteiger partial charge in [-0.25, -0.2) is 5.48 Å². The predicted molar refractivity (Wildman–Crippen MR) is 109 cm³/mol. The molecule has 1 aliphatic heterocycles. The highest BCUT2D eigenvalue weighted by Gasteiger charge is 2.23. The summed E-state index contributed by atoms with van der Waals surface area (Å²) in [5.41, 5.74) is 4.24. The van der Waals surface area contributed by atoms with Crippen LogP contribution in [0, 0.1) is 4.91 Å². The number of piperazine rings is 1. The van der Waals surface area contributed by atoms with Crippen molar-refractivity contribution in [2.24, 2.45) is 0 Å². The van der Waals surface area contributed by atoms with Crippen molar-refractivity contribution in [1.29, 1.82) is 0 Å². The van der Waals surface area contributed by atoms with Crippen LogP contribution in [0.3, 0.4) is 0 Å². The second-order valence-electron chi connectivity index (χ2n) is 6.74. The maximum absolute atomic E-state index is 12.1. The van der Waals surface area contributed by atoms with Crippen LogP contribution >= 0.6 is 0 Å². The third-order valence-corrected chi connectivity index (χ3v) is 4.88. The first-order valence-electron chi connectivity index (χ1n) is 9.26. The van der Waals surface area contributed by atoms with Crippen LogP contribution in [0.1, 0.15) is 15.9 Å². The minimum atomic E-state index is -0.619. The molecule has 1 amide bonds. The lowest BCUT2D eigenvalue weighted by Crippen LogP contribution is -2.47. The van der Waals surface area contributed by atoms with Gasteiger partial charge in [0.15, 0.2) is 7.05 Å². The first-order chi connectivity index (χ1) is 13.6. The normalized spacial score (nSPS) is 15.0. The lowest BCUT2D eigenvalue weighted by atomic mass is 10.1. The molecule has 0 saturated carbocycles. The first kappa shape index (κ1) is 19.7. The summed E-state index contributed by atoms with van der Waals surface area (Å²) in [6, 6.07) is 15.1. The summed E-state index contributed by atoms with van der Waals surface area (Å²) < 4.78 is 0.689. The highest BCUT2D eigenvalue weighted by atomic mass is 16.5. The minimum absolute atomic E-state index is 0.292. The topological polar surface area (TPSA) is 75.9 Å². The van der Waals surface area contributed by atoms with E-state index in [1.54, 1.807) is 17.6 Å². The standard InChI is InChI=1S/C21H24N4O3/c1-23(28)18-9-10-20(19(16-18)21(26)22-27)25-14-12-24(13-15-25)11-5-8-17-6-3-2-4-7-17/h2-10,16H,11-15H2,1H3,(H-,22,26,27)/p+1/b8-5+. The number of nitrogens with one attached hydrogen (secondary N) is 1. The summed E-state index contributed by atoms with van der Waals surface area (Å²) >= 11 is 0. The monoisotopic (exact) mass is 381 g/mol. The van der Waals surface area contributed by atoms with Gasteiger partial charge in [-0.2, -0.15) is 0 Å². The average Bonchev–Trinajstić information content (AvgIpc) is 2.74. The molecule has 0 atom stereocenters. The Hall–Kier alpha value is -3.03. The van der Waals surface area contributed by atoms with Crippen LogP contribution in [-0.4, -0.2) is 60.5 Å². The summed E-state index contributed by atoms with van der Waals surface area (Å²) in [5.74, 6) is -0.619. The third-order valence-electron chi connectivity index (χ3n) is 4.88. The molecule has 2 aromatic carbocycles. The number of rotatable bonds is 6. The van der Waals surface area contributed by atoms with Crippen molar-refractivity contribution in [2.45, 2.75) is 0 Å². The second kappa shape index (κ2) is 9.25. The number of anilines is 1. The van der Waals surface area contributed by atoms with E-state index in [-0.39, 0.29) is 0 Å². The van der Waals surface area contributed by atoms with Crippen LogP contribution in [0.4, 0.5) is 11.4 Å². The molecule has 28 heavy (non-hydrogen) atoms. The van der Waals surface area contributed by atoms with Gasteiger partial charge in [0.05, 0.1) is 11.3 Å². The summed E-state index contributed by atoms with van der Waals surface area (Å²) in [4.78, 5) is 28.1. The maximum atomic E-state index is 12.1. The van der Waals surface area contributed by atoms with E-state index in [4.69, 9.17) is 5.21 Å². The van der Waals surface area contributed by atoms with Crippen molar-refractivity contribution in [3.63, 3.8) is 0 Å². The molecule has 1 heterocycles. The summed E-state index contributed by atoms with van der Waals surface area (Å²) in [5, 5.41) is 9.05. The molecule has 1 fully saturated rings. The second-order valence-corrected chi connectivity index (χ2v) is 6.74. The molecule has 7 heteroatoms. The molecular weight excluding hydrogens is 356 g/mol. The number of carbonyl (C=O) groups excluding carboxylic acids is 1. The van der Waals surface area contributed by atoms with Gasteiger partial charge in [0.2, 0.25) is 0 Å². The van der Waals surface area contributed by atoms with E-state index in [0.717, 1.165) is 38.4 Å². The van der Waals surface area contributed by atoms with Gasteiger partial charge in [0, 0.05) is 54.5 Å². The molecule has 0 unspecified atom stereocenters. The van der Waals surface area contributed by atoms with Crippen molar-refractivity contribution in [3.8, 4) is 0 Å². The largest absolute Gasteiger partial charge is 0.368 e.